The van der Waals surface area contributed by atoms with Crippen LogP contribution in [0.15, 0.2) is 35.4 Å². The van der Waals surface area contributed by atoms with Gasteiger partial charge >= 0.3 is 0 Å². The molecule has 1 aromatic carbocycles. The number of hydrogen-bond donors (Lipinski definition) is 2. The minimum atomic E-state index is -3.60. The summed E-state index contributed by atoms with van der Waals surface area (Å²) >= 11 is 0. The van der Waals surface area contributed by atoms with Gasteiger partial charge in [0.1, 0.15) is 9.84 Å². The van der Waals surface area contributed by atoms with Crippen molar-refractivity contribution < 1.29 is 21.6 Å². The summed E-state index contributed by atoms with van der Waals surface area (Å²) in [6.45, 7) is 2.13. The van der Waals surface area contributed by atoms with Crippen molar-refractivity contribution in [3.8, 4) is 11.3 Å². The van der Waals surface area contributed by atoms with Crippen LogP contribution in [0.25, 0.3) is 11.3 Å². The van der Waals surface area contributed by atoms with Crippen molar-refractivity contribution >= 4 is 31.6 Å². The summed E-state index contributed by atoms with van der Waals surface area (Å²) < 4.78 is 49.6. The number of carbonyl (C=O) groups is 1. The normalized spacial score (nSPS) is 16.1. The summed E-state index contributed by atoms with van der Waals surface area (Å²) in [5.41, 5.74) is 6.51. The monoisotopic (exact) mass is 482 g/mol. The topological polar surface area (TPSA) is 156 Å². The van der Waals surface area contributed by atoms with Gasteiger partial charge in [0.05, 0.1) is 22.5 Å². The third kappa shape index (κ3) is 5.79. The minimum Gasteiger partial charge on any atom is -0.382 e. The zero-order chi connectivity index (χ0) is 23.5. The Bertz CT molecular complexity index is 1190. The van der Waals surface area contributed by atoms with E-state index in [0.29, 0.717) is 37.4 Å². The van der Waals surface area contributed by atoms with Gasteiger partial charge < -0.3 is 16.0 Å². The lowest BCUT2D eigenvalue weighted by atomic mass is 10.1. The van der Waals surface area contributed by atoms with E-state index in [0.717, 1.165) is 6.26 Å². The summed E-state index contributed by atoms with van der Waals surface area (Å²) in [7, 11) is -4.87. The number of aromatic nitrogens is 2. The van der Waals surface area contributed by atoms with Crippen molar-refractivity contribution in [3.05, 3.63) is 36.2 Å². The number of nitrogens with one attached hydrogen (secondary N) is 1. The van der Waals surface area contributed by atoms with Gasteiger partial charge in [-0.25, -0.2) is 26.8 Å². The summed E-state index contributed by atoms with van der Waals surface area (Å²) in [6.07, 6.45) is 2.45. The largest absolute Gasteiger partial charge is 0.382 e. The molecule has 0 unspecified atom stereocenters. The van der Waals surface area contributed by atoms with Gasteiger partial charge in [-0.3, -0.25) is 4.79 Å². The van der Waals surface area contributed by atoms with E-state index in [2.05, 4.69) is 20.2 Å². The van der Waals surface area contributed by atoms with E-state index in [1.807, 2.05) is 7.05 Å². The highest BCUT2D eigenvalue weighted by Gasteiger charge is 2.27. The number of nitrogen functional groups attached to an aromatic ring is 1. The zero-order valence-corrected chi connectivity index (χ0v) is 19.5. The number of hydrogen-bond acceptors (Lipinski definition) is 9. The predicted octanol–water partition coefficient (Wildman–Crippen LogP) is -0.564. The molecular formula is C19H26N6O5S2. The van der Waals surface area contributed by atoms with Crippen LogP contribution in [0.5, 0.6) is 0 Å². The highest BCUT2D eigenvalue weighted by atomic mass is 32.2. The van der Waals surface area contributed by atoms with E-state index >= 15 is 0 Å². The van der Waals surface area contributed by atoms with Crippen molar-refractivity contribution in [2.75, 3.05) is 57.5 Å². The Morgan fingerprint density at radius 2 is 1.72 bits per heavy atom. The number of benzene rings is 1. The summed E-state index contributed by atoms with van der Waals surface area (Å²) in [6, 6.07) is 6.17. The molecule has 2 aromatic rings. The summed E-state index contributed by atoms with van der Waals surface area (Å²) in [5.74, 6) is -0.954. The first-order chi connectivity index (χ1) is 15.0. The number of sulfone groups is 1. The second-order valence-electron chi connectivity index (χ2n) is 7.61. The van der Waals surface area contributed by atoms with Gasteiger partial charge in [0.25, 0.3) is 5.91 Å². The van der Waals surface area contributed by atoms with Gasteiger partial charge in [-0.05, 0) is 19.2 Å². The number of rotatable bonds is 7. The molecule has 0 radical (unpaired) electrons. The van der Waals surface area contributed by atoms with Crippen LogP contribution < -0.4 is 11.1 Å². The molecule has 1 saturated heterocycles. The molecule has 0 atom stereocenters. The molecule has 0 bridgehead atoms. The second-order valence-corrected chi connectivity index (χ2v) is 11.8. The van der Waals surface area contributed by atoms with Crippen LogP contribution in [-0.4, -0.2) is 93.7 Å². The Morgan fingerprint density at radius 1 is 1.09 bits per heavy atom. The van der Waals surface area contributed by atoms with Gasteiger partial charge in [-0.1, -0.05) is 12.1 Å². The van der Waals surface area contributed by atoms with Crippen molar-refractivity contribution in [1.29, 1.82) is 0 Å². The average Bonchev–Trinajstić information content (AvgIpc) is 2.73. The number of amides is 1. The van der Waals surface area contributed by atoms with Crippen molar-refractivity contribution in [2.24, 2.45) is 0 Å². The highest BCUT2D eigenvalue weighted by molar-refractivity contribution is 7.90. The fourth-order valence-electron chi connectivity index (χ4n) is 3.11. The minimum absolute atomic E-state index is 0.0815. The molecule has 13 heteroatoms. The van der Waals surface area contributed by atoms with E-state index < -0.39 is 25.8 Å². The molecule has 3 rings (SSSR count). The van der Waals surface area contributed by atoms with Crippen LogP contribution in [0.1, 0.15) is 10.5 Å². The van der Waals surface area contributed by atoms with Crippen molar-refractivity contribution in [1.82, 2.24) is 24.5 Å². The highest BCUT2D eigenvalue weighted by Crippen LogP contribution is 2.23. The van der Waals surface area contributed by atoms with Gasteiger partial charge in [0.15, 0.2) is 11.5 Å². The maximum atomic E-state index is 12.9. The Morgan fingerprint density at radius 3 is 2.31 bits per heavy atom. The third-order valence-corrected chi connectivity index (χ3v) is 7.88. The van der Waals surface area contributed by atoms with Gasteiger partial charge in [-0.15, -0.1) is 0 Å². The van der Waals surface area contributed by atoms with Crippen LogP contribution >= 0.6 is 0 Å². The molecule has 1 amide bonds. The number of piperazine rings is 1. The van der Waals surface area contributed by atoms with Crippen molar-refractivity contribution in [3.63, 3.8) is 0 Å². The number of sulfonamides is 1. The average molecular weight is 483 g/mol. The Kier molecular flexibility index (Phi) is 7.12. The number of nitrogens with two attached hydrogens (primary N) is 1. The molecule has 1 aliphatic rings. The molecular weight excluding hydrogens is 456 g/mol. The Balaban J connectivity index is 1.77. The lowest BCUT2D eigenvalue weighted by Crippen LogP contribution is -2.46. The fraction of sp³-hybridized carbons (Fsp3) is 0.421. The zero-order valence-electron chi connectivity index (χ0n) is 17.9. The molecule has 0 spiro atoms. The SMILES string of the molecule is CN1CCN(S(=O)(=O)c2ccc(-c3cnc(N)c(C(=O)NCCS(C)(=O)=O)n3)cc2)CC1. The van der Waals surface area contributed by atoms with Gasteiger partial charge in [0, 0.05) is 44.5 Å². The maximum absolute atomic E-state index is 12.9. The van der Waals surface area contributed by atoms with Crippen LogP contribution in [0.4, 0.5) is 5.82 Å². The van der Waals surface area contributed by atoms with E-state index in [1.165, 1.54) is 22.6 Å². The standard InChI is InChI=1S/C19H26N6O5S2/c1-24-8-10-25(11-9-24)32(29,30)15-5-3-14(4-6-15)16-13-22-18(20)17(23-16)19(26)21-7-12-31(2,27)28/h3-6,13H,7-12H2,1-2H3,(H2,20,22)(H,21,26). The van der Waals surface area contributed by atoms with Crippen LogP contribution in [0.3, 0.4) is 0 Å². The molecule has 3 N–H and O–H groups in total. The predicted molar refractivity (Wildman–Crippen MR) is 120 cm³/mol. The summed E-state index contributed by atoms with van der Waals surface area (Å²) in [4.78, 5) is 22.8. The second kappa shape index (κ2) is 9.48. The number of likely N-dealkylation sites (N-methyl/N-ethyl adjacent to an activating group) is 1. The third-order valence-electron chi connectivity index (χ3n) is 5.02. The lowest BCUT2D eigenvalue weighted by Gasteiger charge is -2.31. The summed E-state index contributed by atoms with van der Waals surface area (Å²) in [5, 5.41) is 2.45. The quantitative estimate of drug-likeness (QED) is 0.528. The first-order valence-corrected chi connectivity index (χ1v) is 13.3. The fourth-order valence-corrected chi connectivity index (χ4v) is 5.01. The molecule has 2 heterocycles. The molecule has 0 saturated carbocycles. The van der Waals surface area contributed by atoms with Crippen LogP contribution in [0, 0.1) is 0 Å². The maximum Gasteiger partial charge on any atom is 0.273 e. The van der Waals surface area contributed by atoms with E-state index in [9.17, 15) is 21.6 Å². The smallest absolute Gasteiger partial charge is 0.273 e. The molecule has 11 nitrogen and oxygen atoms in total. The van der Waals surface area contributed by atoms with E-state index in [4.69, 9.17) is 5.73 Å². The van der Waals surface area contributed by atoms with E-state index in [-0.39, 0.29) is 28.7 Å². The molecule has 32 heavy (non-hydrogen) atoms. The number of nitrogens with zero attached hydrogens (tertiary/aromatic N) is 4. The van der Waals surface area contributed by atoms with Crippen LogP contribution in [-0.2, 0) is 19.9 Å². The van der Waals surface area contributed by atoms with Crippen LogP contribution in [0.2, 0.25) is 0 Å². The van der Waals surface area contributed by atoms with Gasteiger partial charge in [0.2, 0.25) is 10.0 Å². The molecule has 1 fully saturated rings. The molecule has 1 aromatic heterocycles. The molecule has 174 valence electrons. The number of carbonyl (C=O) groups excluding carboxylic acids is 1. The first kappa shape index (κ1) is 24.0. The lowest BCUT2D eigenvalue weighted by molar-refractivity contribution is 0.0952. The Hall–Kier alpha value is -2.61. The molecule has 1 aliphatic heterocycles. The van der Waals surface area contributed by atoms with E-state index in [1.54, 1.807) is 12.1 Å². The molecule has 0 aliphatic carbocycles. The first-order valence-electron chi connectivity index (χ1n) is 9.85. The Labute approximate surface area is 187 Å². The van der Waals surface area contributed by atoms with Gasteiger partial charge in [-0.2, -0.15) is 4.31 Å². The number of anilines is 1. The van der Waals surface area contributed by atoms with Crippen molar-refractivity contribution in [2.45, 2.75) is 4.90 Å².